The first-order chi connectivity index (χ1) is 16.0. The minimum atomic E-state index is -1.04. The van der Waals surface area contributed by atoms with Crippen LogP contribution in [0.4, 0.5) is 25.4 Å². The Morgan fingerprint density at radius 3 is 2.26 bits per heavy atom. The highest BCUT2D eigenvalue weighted by Crippen LogP contribution is 2.31. The SMILES string of the molecule is CC(C)Nc1cc(N2CCC(NC(=O)OC(C)(C)C)C2)c(F)cc1C(=O)N(N)C(=O)OC(C)(C)C. The van der Waals surface area contributed by atoms with Crippen LogP contribution in [-0.4, -0.2) is 59.5 Å². The van der Waals surface area contributed by atoms with Crippen molar-refractivity contribution in [2.24, 2.45) is 5.84 Å². The van der Waals surface area contributed by atoms with Crippen LogP contribution in [-0.2, 0) is 9.47 Å². The van der Waals surface area contributed by atoms with Gasteiger partial charge in [0.05, 0.1) is 17.3 Å². The fourth-order valence-corrected chi connectivity index (χ4v) is 3.51. The second-order valence-electron chi connectivity index (χ2n) is 10.9. The van der Waals surface area contributed by atoms with Crippen molar-refractivity contribution in [3.05, 3.63) is 23.5 Å². The van der Waals surface area contributed by atoms with Gasteiger partial charge in [-0.25, -0.2) is 19.8 Å². The number of alkyl carbamates (subject to hydrolysis) is 1. The van der Waals surface area contributed by atoms with E-state index in [2.05, 4.69) is 10.6 Å². The molecule has 1 aromatic carbocycles. The van der Waals surface area contributed by atoms with Gasteiger partial charge in [-0.1, -0.05) is 0 Å². The molecule has 1 heterocycles. The maximum Gasteiger partial charge on any atom is 0.432 e. The number of hydrogen-bond donors (Lipinski definition) is 3. The minimum absolute atomic E-state index is 0.0900. The normalized spacial score (nSPS) is 16.2. The van der Waals surface area contributed by atoms with E-state index in [4.69, 9.17) is 15.3 Å². The minimum Gasteiger partial charge on any atom is -0.444 e. The zero-order valence-corrected chi connectivity index (χ0v) is 21.8. The molecular formula is C24H38FN5O5. The molecule has 1 aliphatic rings. The van der Waals surface area contributed by atoms with Gasteiger partial charge in [-0.2, -0.15) is 5.01 Å². The van der Waals surface area contributed by atoms with E-state index in [0.717, 1.165) is 6.07 Å². The summed E-state index contributed by atoms with van der Waals surface area (Å²) in [7, 11) is 0. The number of hydrazine groups is 1. The van der Waals surface area contributed by atoms with Gasteiger partial charge >= 0.3 is 12.2 Å². The predicted molar refractivity (Wildman–Crippen MR) is 132 cm³/mol. The van der Waals surface area contributed by atoms with Crippen LogP contribution in [0.25, 0.3) is 0 Å². The molecule has 1 fully saturated rings. The number of carbonyl (C=O) groups excluding carboxylic acids is 3. The van der Waals surface area contributed by atoms with Crippen molar-refractivity contribution in [2.45, 2.75) is 85.1 Å². The molecule has 1 unspecified atom stereocenters. The van der Waals surface area contributed by atoms with E-state index in [-0.39, 0.29) is 23.3 Å². The van der Waals surface area contributed by atoms with Gasteiger partial charge in [0, 0.05) is 24.8 Å². The maximum absolute atomic E-state index is 15.2. The molecule has 4 N–H and O–H groups in total. The van der Waals surface area contributed by atoms with Gasteiger partial charge in [0.15, 0.2) is 0 Å². The molecular weight excluding hydrogens is 457 g/mol. The third-order valence-corrected chi connectivity index (χ3v) is 4.82. The molecule has 3 amide bonds. The van der Waals surface area contributed by atoms with E-state index in [1.807, 2.05) is 13.8 Å². The number of carbonyl (C=O) groups is 3. The van der Waals surface area contributed by atoms with Gasteiger partial charge in [0.25, 0.3) is 5.91 Å². The van der Waals surface area contributed by atoms with Gasteiger partial charge in [-0.3, -0.25) is 4.79 Å². The highest BCUT2D eigenvalue weighted by Gasteiger charge is 2.31. The topological polar surface area (TPSA) is 126 Å². The summed E-state index contributed by atoms with van der Waals surface area (Å²) in [5, 5.41) is 6.26. The Labute approximate surface area is 206 Å². The lowest BCUT2D eigenvalue weighted by Gasteiger charge is -2.26. The van der Waals surface area contributed by atoms with Crippen LogP contribution in [0.15, 0.2) is 12.1 Å². The number of imide groups is 1. The fraction of sp³-hybridized carbons (Fsp3) is 0.625. The molecule has 2 rings (SSSR count). The van der Waals surface area contributed by atoms with E-state index < -0.39 is 35.1 Å². The fourth-order valence-electron chi connectivity index (χ4n) is 3.51. The predicted octanol–water partition coefficient (Wildman–Crippen LogP) is 4.00. The molecule has 0 spiro atoms. The summed E-state index contributed by atoms with van der Waals surface area (Å²) in [5.74, 6) is 4.16. The first-order valence-electron chi connectivity index (χ1n) is 11.6. The largest absolute Gasteiger partial charge is 0.444 e. The van der Waals surface area contributed by atoms with Crippen molar-refractivity contribution >= 4 is 29.5 Å². The molecule has 11 heteroatoms. The molecule has 35 heavy (non-hydrogen) atoms. The van der Waals surface area contributed by atoms with Crippen molar-refractivity contribution in [3.8, 4) is 0 Å². The number of hydrogen-bond acceptors (Lipinski definition) is 8. The van der Waals surface area contributed by atoms with E-state index in [1.165, 1.54) is 6.07 Å². The Bertz CT molecular complexity index is 955. The smallest absolute Gasteiger partial charge is 0.432 e. The van der Waals surface area contributed by atoms with Crippen molar-refractivity contribution in [3.63, 3.8) is 0 Å². The average Bonchev–Trinajstić information content (AvgIpc) is 3.12. The quantitative estimate of drug-likeness (QED) is 0.318. The number of benzene rings is 1. The number of nitrogens with zero attached hydrogens (tertiary/aromatic N) is 2. The number of nitrogens with two attached hydrogens (primary N) is 1. The summed E-state index contributed by atoms with van der Waals surface area (Å²) < 4.78 is 25.7. The lowest BCUT2D eigenvalue weighted by Crippen LogP contribution is -2.45. The van der Waals surface area contributed by atoms with Gasteiger partial charge in [-0.05, 0) is 73.9 Å². The van der Waals surface area contributed by atoms with Gasteiger partial charge in [-0.15, -0.1) is 0 Å². The molecule has 0 aromatic heterocycles. The Morgan fingerprint density at radius 1 is 1.11 bits per heavy atom. The van der Waals surface area contributed by atoms with Gasteiger partial charge in [0.1, 0.15) is 17.0 Å². The summed E-state index contributed by atoms with van der Waals surface area (Å²) in [6, 6.07) is 2.26. The summed E-state index contributed by atoms with van der Waals surface area (Å²) in [6.07, 6.45) is -0.974. The van der Waals surface area contributed by atoms with Crippen LogP contribution < -0.4 is 21.4 Å². The van der Waals surface area contributed by atoms with Crippen LogP contribution in [0.1, 0.15) is 72.2 Å². The summed E-state index contributed by atoms with van der Waals surface area (Å²) in [6.45, 7) is 14.8. The van der Waals surface area contributed by atoms with Crippen LogP contribution in [0, 0.1) is 5.82 Å². The molecule has 1 saturated heterocycles. The number of anilines is 2. The Balaban J connectivity index is 2.26. The summed E-state index contributed by atoms with van der Waals surface area (Å²) in [5.41, 5.74) is -0.994. The number of halogens is 1. The van der Waals surface area contributed by atoms with Crippen molar-refractivity contribution < 1.29 is 28.2 Å². The zero-order valence-electron chi connectivity index (χ0n) is 21.8. The Morgan fingerprint density at radius 2 is 1.71 bits per heavy atom. The van der Waals surface area contributed by atoms with E-state index >= 15 is 4.39 Å². The molecule has 1 aromatic rings. The van der Waals surface area contributed by atoms with Crippen molar-refractivity contribution in [1.29, 1.82) is 0 Å². The zero-order chi connectivity index (χ0) is 26.7. The molecule has 0 aliphatic carbocycles. The molecule has 196 valence electrons. The molecule has 0 bridgehead atoms. The molecule has 0 radical (unpaired) electrons. The molecule has 10 nitrogen and oxygen atoms in total. The highest BCUT2D eigenvalue weighted by molar-refractivity contribution is 6.06. The lowest BCUT2D eigenvalue weighted by atomic mass is 10.1. The number of nitrogens with one attached hydrogen (secondary N) is 2. The lowest BCUT2D eigenvalue weighted by molar-refractivity contribution is 0.0239. The number of ether oxygens (including phenoxy) is 2. The van der Waals surface area contributed by atoms with Crippen LogP contribution in [0.5, 0.6) is 0 Å². The summed E-state index contributed by atoms with van der Waals surface area (Å²) >= 11 is 0. The Hall–Kier alpha value is -3.08. The first kappa shape index (κ1) is 28.2. The number of rotatable bonds is 5. The van der Waals surface area contributed by atoms with Gasteiger partial charge < -0.3 is 25.0 Å². The van der Waals surface area contributed by atoms with Crippen LogP contribution in [0.2, 0.25) is 0 Å². The molecule has 0 saturated carbocycles. The highest BCUT2D eigenvalue weighted by atomic mass is 19.1. The first-order valence-corrected chi connectivity index (χ1v) is 11.6. The van der Waals surface area contributed by atoms with Crippen molar-refractivity contribution in [2.75, 3.05) is 23.3 Å². The van der Waals surface area contributed by atoms with E-state index in [0.29, 0.717) is 30.2 Å². The summed E-state index contributed by atoms with van der Waals surface area (Å²) in [4.78, 5) is 39.1. The maximum atomic E-state index is 15.2. The third kappa shape index (κ3) is 8.27. The van der Waals surface area contributed by atoms with E-state index in [9.17, 15) is 14.4 Å². The number of amides is 3. The molecule has 1 atom stereocenters. The molecule has 1 aliphatic heterocycles. The average molecular weight is 496 g/mol. The standard InChI is InChI=1S/C24H38FN5O5/c1-14(2)27-18-12-19(29-10-9-15(13-29)28-21(32)34-23(3,4)5)17(25)11-16(18)20(31)30(26)22(33)35-24(6,7)8/h11-12,14-15,27H,9-10,13,26H2,1-8H3,(H,28,32). The van der Waals surface area contributed by atoms with Crippen molar-refractivity contribution in [1.82, 2.24) is 10.3 Å². The van der Waals surface area contributed by atoms with Crippen LogP contribution in [0.3, 0.4) is 0 Å². The second kappa shape index (κ2) is 10.7. The van der Waals surface area contributed by atoms with Crippen LogP contribution >= 0.6 is 0 Å². The second-order valence-corrected chi connectivity index (χ2v) is 10.9. The van der Waals surface area contributed by atoms with E-state index in [1.54, 1.807) is 46.4 Å². The third-order valence-electron chi connectivity index (χ3n) is 4.82. The monoisotopic (exact) mass is 495 g/mol. The Kier molecular flexibility index (Phi) is 8.59. The van der Waals surface area contributed by atoms with Gasteiger partial charge in [0.2, 0.25) is 0 Å².